The van der Waals surface area contributed by atoms with Gasteiger partial charge in [-0.05, 0) is 43.9 Å². The van der Waals surface area contributed by atoms with Crippen LogP contribution in [0.5, 0.6) is 0 Å². The van der Waals surface area contributed by atoms with Crippen LogP contribution in [0.2, 0.25) is 0 Å². The van der Waals surface area contributed by atoms with Gasteiger partial charge in [-0.25, -0.2) is 0 Å². The van der Waals surface area contributed by atoms with Gasteiger partial charge < -0.3 is 14.6 Å². The van der Waals surface area contributed by atoms with Crippen LogP contribution in [-0.2, 0) is 4.79 Å². The minimum Gasteiger partial charge on any atom is -0.376 e. The summed E-state index contributed by atoms with van der Waals surface area (Å²) < 4.78 is 42.8. The number of carbonyl (C=O) groups is 1. The number of aromatic nitrogens is 2. The first kappa shape index (κ1) is 20.5. The van der Waals surface area contributed by atoms with Crippen molar-refractivity contribution in [3.8, 4) is 0 Å². The number of anilines is 2. The number of alkyl halides is 3. The number of benzene rings is 1. The van der Waals surface area contributed by atoms with Crippen LogP contribution in [0.3, 0.4) is 0 Å². The SMILES string of the molecule is CN(C)c1cc2nn(C3CCC(C=O)CC3)cc2cc1N1CC=CC=C1C(F)(F)F. The van der Waals surface area contributed by atoms with Crippen LogP contribution in [0.4, 0.5) is 24.5 Å². The summed E-state index contributed by atoms with van der Waals surface area (Å²) in [6.45, 7) is 0.154. The van der Waals surface area contributed by atoms with Gasteiger partial charge in [0.2, 0.25) is 0 Å². The number of nitrogens with zero attached hydrogens (tertiary/aromatic N) is 4. The number of aldehydes is 1. The summed E-state index contributed by atoms with van der Waals surface area (Å²) in [5, 5.41) is 5.53. The van der Waals surface area contributed by atoms with E-state index in [-0.39, 0.29) is 18.5 Å². The molecule has 2 aromatic rings. The summed E-state index contributed by atoms with van der Waals surface area (Å²) >= 11 is 0. The molecule has 2 aliphatic rings. The average molecular weight is 418 g/mol. The van der Waals surface area contributed by atoms with E-state index in [1.807, 2.05) is 35.9 Å². The Morgan fingerprint density at radius 3 is 2.53 bits per heavy atom. The molecule has 30 heavy (non-hydrogen) atoms. The van der Waals surface area contributed by atoms with E-state index in [0.717, 1.165) is 48.9 Å². The first-order chi connectivity index (χ1) is 14.3. The van der Waals surface area contributed by atoms with E-state index in [4.69, 9.17) is 5.10 Å². The Hall–Kier alpha value is -2.77. The number of carbonyl (C=O) groups excluding carboxylic acids is 1. The minimum absolute atomic E-state index is 0.123. The van der Waals surface area contributed by atoms with Crippen molar-refractivity contribution in [3.63, 3.8) is 0 Å². The van der Waals surface area contributed by atoms with Crippen LogP contribution in [0.25, 0.3) is 10.9 Å². The van der Waals surface area contributed by atoms with Gasteiger partial charge in [-0.1, -0.05) is 12.2 Å². The zero-order valence-electron chi connectivity index (χ0n) is 17.1. The van der Waals surface area contributed by atoms with E-state index in [9.17, 15) is 18.0 Å². The van der Waals surface area contributed by atoms with E-state index >= 15 is 0 Å². The third-order valence-electron chi connectivity index (χ3n) is 5.96. The fourth-order valence-electron chi connectivity index (χ4n) is 4.32. The Morgan fingerprint density at radius 1 is 1.17 bits per heavy atom. The van der Waals surface area contributed by atoms with Crippen molar-refractivity contribution in [1.82, 2.24) is 9.78 Å². The number of halogens is 3. The molecular weight excluding hydrogens is 393 g/mol. The van der Waals surface area contributed by atoms with Crippen LogP contribution in [0, 0.1) is 5.92 Å². The number of fused-ring (bicyclic) bond motifs is 1. The molecule has 0 N–H and O–H groups in total. The van der Waals surface area contributed by atoms with Gasteiger partial charge in [0.1, 0.15) is 12.0 Å². The zero-order chi connectivity index (χ0) is 21.5. The molecule has 1 aromatic carbocycles. The highest BCUT2D eigenvalue weighted by molar-refractivity contribution is 5.91. The largest absolute Gasteiger partial charge is 0.431 e. The number of hydrogen-bond acceptors (Lipinski definition) is 4. The molecule has 1 fully saturated rings. The quantitative estimate of drug-likeness (QED) is 0.666. The normalized spacial score (nSPS) is 22.3. The molecule has 0 radical (unpaired) electrons. The Bertz CT molecular complexity index is 998. The lowest BCUT2D eigenvalue weighted by Crippen LogP contribution is -2.34. The molecular formula is C22H25F3N4O. The Kier molecular flexibility index (Phi) is 5.34. The standard InChI is InChI=1S/C22H25F3N4O/c1-27(2)19-12-18-16(13-29(26-18)17-8-6-15(14-30)7-9-17)11-20(19)28-10-4-3-5-21(28)22(23,24)25/h3-5,11-15,17H,6-10H2,1-2H3. The van der Waals surface area contributed by atoms with E-state index in [0.29, 0.717) is 11.4 Å². The summed E-state index contributed by atoms with van der Waals surface area (Å²) in [5.74, 6) is 0.123. The van der Waals surface area contributed by atoms with Crippen molar-refractivity contribution in [3.05, 3.63) is 42.3 Å². The van der Waals surface area contributed by atoms with Crippen LogP contribution < -0.4 is 9.80 Å². The molecule has 0 amide bonds. The summed E-state index contributed by atoms with van der Waals surface area (Å²) in [6.07, 6.45) is 6.23. The molecule has 1 aromatic heterocycles. The summed E-state index contributed by atoms with van der Waals surface area (Å²) in [7, 11) is 3.64. The van der Waals surface area contributed by atoms with Gasteiger partial charge in [-0.3, -0.25) is 4.68 Å². The highest BCUT2D eigenvalue weighted by Gasteiger charge is 2.39. The van der Waals surface area contributed by atoms with E-state index in [1.165, 1.54) is 11.0 Å². The lowest BCUT2D eigenvalue weighted by molar-refractivity contribution is -0.112. The molecule has 0 saturated heterocycles. The van der Waals surface area contributed by atoms with Gasteiger partial charge in [-0.2, -0.15) is 18.3 Å². The highest BCUT2D eigenvalue weighted by Crippen LogP contribution is 2.40. The Labute approximate surface area is 173 Å². The molecule has 1 aliphatic carbocycles. The molecule has 0 unspecified atom stereocenters. The average Bonchev–Trinajstić information content (AvgIpc) is 3.15. The molecule has 2 heterocycles. The van der Waals surface area contributed by atoms with Crippen molar-refractivity contribution in [2.45, 2.75) is 37.9 Å². The summed E-state index contributed by atoms with van der Waals surface area (Å²) in [4.78, 5) is 14.1. The third kappa shape index (κ3) is 3.82. The molecule has 0 bridgehead atoms. The number of rotatable bonds is 4. The molecule has 0 spiro atoms. The fraction of sp³-hybridized carbons (Fsp3) is 0.455. The van der Waals surface area contributed by atoms with Crippen LogP contribution in [0.15, 0.2) is 42.3 Å². The zero-order valence-corrected chi connectivity index (χ0v) is 17.1. The van der Waals surface area contributed by atoms with Crippen LogP contribution in [-0.4, -0.2) is 42.9 Å². The first-order valence-electron chi connectivity index (χ1n) is 10.1. The van der Waals surface area contributed by atoms with Crippen molar-refractivity contribution in [2.24, 2.45) is 5.92 Å². The van der Waals surface area contributed by atoms with Gasteiger partial charge in [0.05, 0.1) is 22.9 Å². The van der Waals surface area contributed by atoms with Gasteiger partial charge in [0, 0.05) is 38.1 Å². The smallest absolute Gasteiger partial charge is 0.376 e. The summed E-state index contributed by atoms with van der Waals surface area (Å²) in [6, 6.07) is 3.86. The molecule has 1 aliphatic heterocycles. The highest BCUT2D eigenvalue weighted by atomic mass is 19.4. The molecule has 160 valence electrons. The first-order valence-corrected chi connectivity index (χ1v) is 10.1. The Morgan fingerprint density at radius 2 is 1.90 bits per heavy atom. The Balaban J connectivity index is 1.73. The minimum atomic E-state index is -4.44. The molecule has 5 nitrogen and oxygen atoms in total. The second kappa shape index (κ2) is 7.81. The second-order valence-electron chi connectivity index (χ2n) is 8.20. The van der Waals surface area contributed by atoms with E-state index in [1.54, 1.807) is 12.1 Å². The maximum absolute atomic E-state index is 13.6. The number of allylic oxidation sites excluding steroid dienone is 3. The van der Waals surface area contributed by atoms with Gasteiger partial charge in [-0.15, -0.1) is 0 Å². The van der Waals surface area contributed by atoms with Crippen LogP contribution >= 0.6 is 0 Å². The van der Waals surface area contributed by atoms with Crippen molar-refractivity contribution < 1.29 is 18.0 Å². The monoisotopic (exact) mass is 418 g/mol. The summed E-state index contributed by atoms with van der Waals surface area (Å²) in [5.41, 5.74) is 1.27. The van der Waals surface area contributed by atoms with E-state index < -0.39 is 11.9 Å². The topological polar surface area (TPSA) is 41.4 Å². The second-order valence-corrected chi connectivity index (χ2v) is 8.20. The lowest BCUT2D eigenvalue weighted by Gasteiger charge is -2.32. The fourth-order valence-corrected chi connectivity index (χ4v) is 4.32. The predicted octanol–water partition coefficient (Wildman–Crippen LogP) is 4.85. The number of hydrogen-bond donors (Lipinski definition) is 0. The third-order valence-corrected chi connectivity index (χ3v) is 5.96. The van der Waals surface area contributed by atoms with Gasteiger partial charge in [0.25, 0.3) is 0 Å². The van der Waals surface area contributed by atoms with Crippen molar-refractivity contribution >= 4 is 28.6 Å². The maximum atomic E-state index is 13.6. The molecule has 0 atom stereocenters. The molecule has 4 rings (SSSR count). The van der Waals surface area contributed by atoms with Crippen LogP contribution in [0.1, 0.15) is 31.7 Å². The molecule has 8 heteroatoms. The molecule has 1 saturated carbocycles. The van der Waals surface area contributed by atoms with Gasteiger partial charge >= 0.3 is 6.18 Å². The van der Waals surface area contributed by atoms with E-state index in [2.05, 4.69) is 0 Å². The lowest BCUT2D eigenvalue weighted by atomic mass is 9.87. The maximum Gasteiger partial charge on any atom is 0.431 e. The van der Waals surface area contributed by atoms with Gasteiger partial charge in [0.15, 0.2) is 0 Å². The van der Waals surface area contributed by atoms with Crippen molar-refractivity contribution in [1.29, 1.82) is 0 Å². The van der Waals surface area contributed by atoms with Crippen molar-refractivity contribution in [2.75, 3.05) is 30.4 Å². The predicted molar refractivity (Wildman–Crippen MR) is 112 cm³/mol.